The Hall–Kier alpha value is -0.850. The Bertz CT molecular complexity index is 199. The first-order valence-corrected chi connectivity index (χ1v) is 4.17. The van der Waals surface area contributed by atoms with Crippen LogP contribution in [0.2, 0.25) is 0 Å². The van der Waals surface area contributed by atoms with Crippen LogP contribution in [0.4, 0.5) is 0 Å². The lowest BCUT2D eigenvalue weighted by Gasteiger charge is -2.18. The van der Waals surface area contributed by atoms with E-state index in [0.29, 0.717) is 12.8 Å². The summed E-state index contributed by atoms with van der Waals surface area (Å²) < 4.78 is 0. The van der Waals surface area contributed by atoms with Gasteiger partial charge >= 0.3 is 0 Å². The number of ketones is 1. The summed E-state index contributed by atoms with van der Waals surface area (Å²) >= 11 is 0. The summed E-state index contributed by atoms with van der Waals surface area (Å²) in [5.74, 6) is 0.243. The fraction of sp³-hybridized carbons (Fsp3) is 0.545. The van der Waals surface area contributed by atoms with Gasteiger partial charge in [0.1, 0.15) is 5.78 Å². The number of rotatable bonds is 5. The van der Waals surface area contributed by atoms with Gasteiger partial charge in [0.25, 0.3) is 0 Å². The summed E-state index contributed by atoms with van der Waals surface area (Å²) in [4.78, 5) is 11.3. The van der Waals surface area contributed by atoms with Crippen molar-refractivity contribution in [3.8, 4) is 0 Å². The molecule has 0 aliphatic heterocycles. The standard InChI is InChI=1S/C11H18O/c1-6-11(4,5)8-10(12)7-9(2)3/h6H,1-2,7-8H2,3-5H3. The van der Waals surface area contributed by atoms with Crippen LogP contribution in [-0.4, -0.2) is 5.78 Å². The van der Waals surface area contributed by atoms with Crippen LogP contribution in [0, 0.1) is 5.41 Å². The lowest BCUT2D eigenvalue weighted by atomic mass is 9.86. The van der Waals surface area contributed by atoms with Crippen LogP contribution >= 0.6 is 0 Å². The van der Waals surface area contributed by atoms with Crippen molar-refractivity contribution in [3.05, 3.63) is 24.8 Å². The van der Waals surface area contributed by atoms with Crippen LogP contribution < -0.4 is 0 Å². The number of Topliss-reactive ketones (excluding diaryl/α,β-unsaturated/α-hetero) is 1. The van der Waals surface area contributed by atoms with E-state index in [9.17, 15) is 4.79 Å². The van der Waals surface area contributed by atoms with Crippen molar-refractivity contribution >= 4 is 5.78 Å². The van der Waals surface area contributed by atoms with Gasteiger partial charge in [0.05, 0.1) is 0 Å². The van der Waals surface area contributed by atoms with Crippen LogP contribution in [0.25, 0.3) is 0 Å². The minimum atomic E-state index is -0.0769. The van der Waals surface area contributed by atoms with Crippen molar-refractivity contribution in [2.24, 2.45) is 5.41 Å². The first-order chi connectivity index (χ1) is 5.37. The Balaban J connectivity index is 4.00. The highest BCUT2D eigenvalue weighted by atomic mass is 16.1. The SMILES string of the molecule is C=CC(C)(C)CC(=O)CC(=C)C. The molecule has 0 bridgehead atoms. The minimum absolute atomic E-state index is 0.0769. The molecule has 0 spiro atoms. The van der Waals surface area contributed by atoms with Gasteiger partial charge in [0, 0.05) is 12.8 Å². The van der Waals surface area contributed by atoms with Crippen molar-refractivity contribution in [1.82, 2.24) is 0 Å². The second-order valence-electron chi connectivity index (χ2n) is 4.04. The van der Waals surface area contributed by atoms with Crippen molar-refractivity contribution in [3.63, 3.8) is 0 Å². The second-order valence-corrected chi connectivity index (χ2v) is 4.04. The zero-order chi connectivity index (χ0) is 9.78. The molecule has 0 aromatic rings. The van der Waals surface area contributed by atoms with Gasteiger partial charge in [0.15, 0.2) is 0 Å². The van der Waals surface area contributed by atoms with Gasteiger partial charge in [-0.25, -0.2) is 0 Å². The van der Waals surface area contributed by atoms with Crippen molar-refractivity contribution < 1.29 is 4.79 Å². The molecular formula is C11H18O. The molecule has 0 saturated carbocycles. The van der Waals surface area contributed by atoms with Crippen LogP contribution in [0.3, 0.4) is 0 Å². The molecule has 0 rings (SSSR count). The lowest BCUT2D eigenvalue weighted by molar-refractivity contribution is -0.119. The smallest absolute Gasteiger partial charge is 0.137 e. The highest BCUT2D eigenvalue weighted by Gasteiger charge is 2.17. The van der Waals surface area contributed by atoms with Gasteiger partial charge in [-0.1, -0.05) is 32.1 Å². The quantitative estimate of drug-likeness (QED) is 0.573. The van der Waals surface area contributed by atoms with Gasteiger partial charge in [-0.05, 0) is 12.3 Å². The molecule has 1 nitrogen and oxygen atoms in total. The Morgan fingerprint density at radius 1 is 1.50 bits per heavy atom. The minimum Gasteiger partial charge on any atom is -0.299 e. The molecule has 0 unspecified atom stereocenters. The van der Waals surface area contributed by atoms with Crippen molar-refractivity contribution in [2.75, 3.05) is 0 Å². The maximum atomic E-state index is 11.3. The molecule has 0 heterocycles. The maximum Gasteiger partial charge on any atom is 0.137 e. The summed E-state index contributed by atoms with van der Waals surface area (Å²) in [7, 11) is 0. The molecular weight excluding hydrogens is 148 g/mol. The average molecular weight is 166 g/mol. The molecule has 0 saturated heterocycles. The molecule has 1 heteroatoms. The van der Waals surface area contributed by atoms with Gasteiger partial charge in [-0.3, -0.25) is 4.79 Å². The fourth-order valence-electron chi connectivity index (χ4n) is 0.979. The molecule has 12 heavy (non-hydrogen) atoms. The van der Waals surface area contributed by atoms with Crippen LogP contribution in [0.5, 0.6) is 0 Å². The summed E-state index contributed by atoms with van der Waals surface area (Å²) in [6, 6.07) is 0. The first-order valence-electron chi connectivity index (χ1n) is 4.17. The van der Waals surface area contributed by atoms with Crippen LogP contribution in [-0.2, 0) is 4.79 Å². The maximum absolute atomic E-state index is 11.3. The number of allylic oxidation sites excluding steroid dienone is 2. The molecule has 0 aromatic heterocycles. The van der Waals surface area contributed by atoms with E-state index in [1.165, 1.54) is 0 Å². The topological polar surface area (TPSA) is 17.1 Å². The normalized spacial score (nSPS) is 10.9. The zero-order valence-corrected chi connectivity index (χ0v) is 8.31. The van der Waals surface area contributed by atoms with Gasteiger partial charge in [-0.15, -0.1) is 6.58 Å². The molecule has 0 aliphatic rings. The molecule has 0 amide bonds. The predicted octanol–water partition coefficient (Wildman–Crippen LogP) is 3.12. The van der Waals surface area contributed by atoms with E-state index in [0.717, 1.165) is 5.57 Å². The van der Waals surface area contributed by atoms with E-state index in [-0.39, 0.29) is 11.2 Å². The third-order valence-corrected chi connectivity index (χ3v) is 1.70. The first kappa shape index (κ1) is 11.2. The predicted molar refractivity (Wildman–Crippen MR) is 53.0 cm³/mol. The van der Waals surface area contributed by atoms with Gasteiger partial charge in [0.2, 0.25) is 0 Å². The highest BCUT2D eigenvalue weighted by Crippen LogP contribution is 2.22. The van der Waals surface area contributed by atoms with E-state index in [1.54, 1.807) is 0 Å². The summed E-state index contributed by atoms with van der Waals surface area (Å²) in [5, 5.41) is 0. The van der Waals surface area contributed by atoms with Crippen LogP contribution in [0.15, 0.2) is 24.8 Å². The monoisotopic (exact) mass is 166 g/mol. The van der Waals surface area contributed by atoms with Crippen LogP contribution in [0.1, 0.15) is 33.6 Å². The molecule has 0 aromatic carbocycles. The molecule has 0 N–H and O–H groups in total. The lowest BCUT2D eigenvalue weighted by Crippen LogP contribution is -2.13. The van der Waals surface area contributed by atoms with E-state index in [2.05, 4.69) is 13.2 Å². The largest absolute Gasteiger partial charge is 0.299 e. The Kier molecular flexibility index (Phi) is 3.94. The highest BCUT2D eigenvalue weighted by molar-refractivity contribution is 5.81. The van der Waals surface area contributed by atoms with E-state index in [1.807, 2.05) is 26.8 Å². The molecule has 0 atom stereocenters. The number of hydrogen-bond donors (Lipinski definition) is 0. The molecule has 0 radical (unpaired) electrons. The molecule has 68 valence electrons. The van der Waals surface area contributed by atoms with E-state index < -0.39 is 0 Å². The molecule has 0 aliphatic carbocycles. The van der Waals surface area contributed by atoms with Gasteiger partial charge < -0.3 is 0 Å². The van der Waals surface area contributed by atoms with E-state index in [4.69, 9.17) is 0 Å². The third kappa shape index (κ3) is 4.89. The van der Waals surface area contributed by atoms with Crippen molar-refractivity contribution in [2.45, 2.75) is 33.6 Å². The average Bonchev–Trinajstić information content (AvgIpc) is 1.84. The zero-order valence-electron chi connectivity index (χ0n) is 8.31. The van der Waals surface area contributed by atoms with E-state index >= 15 is 0 Å². The summed E-state index contributed by atoms with van der Waals surface area (Å²) in [6.07, 6.45) is 2.88. The summed E-state index contributed by atoms with van der Waals surface area (Å²) in [5.41, 5.74) is 0.854. The Labute approximate surface area is 75.2 Å². The van der Waals surface area contributed by atoms with Gasteiger partial charge in [-0.2, -0.15) is 0 Å². The number of carbonyl (C=O) groups is 1. The third-order valence-electron chi connectivity index (χ3n) is 1.70. The number of carbonyl (C=O) groups excluding carboxylic acids is 1. The number of hydrogen-bond acceptors (Lipinski definition) is 1. The molecule has 0 fully saturated rings. The van der Waals surface area contributed by atoms with Crippen molar-refractivity contribution in [1.29, 1.82) is 0 Å². The fourth-order valence-corrected chi connectivity index (χ4v) is 0.979. The Morgan fingerprint density at radius 3 is 2.33 bits per heavy atom. The Morgan fingerprint density at radius 2 is 2.00 bits per heavy atom. The second kappa shape index (κ2) is 4.24. The summed E-state index contributed by atoms with van der Waals surface area (Å²) in [6.45, 7) is 13.3.